The SMILES string of the molecule is COc1ccc([C@@H]2[C@H](C(=O)Nc3ccc4c(c3)OCO4)c3ccccc3C(=O)N2Cc2ccc(F)cc2)cc1. The van der Waals surface area contributed by atoms with Crippen LogP contribution in [0.2, 0.25) is 0 Å². The topological polar surface area (TPSA) is 77.1 Å². The summed E-state index contributed by atoms with van der Waals surface area (Å²) in [5, 5.41) is 3.02. The molecule has 2 atom stereocenters. The van der Waals surface area contributed by atoms with Gasteiger partial charge in [0.05, 0.1) is 19.1 Å². The highest BCUT2D eigenvalue weighted by Crippen LogP contribution is 2.45. The van der Waals surface area contributed by atoms with Crippen LogP contribution in [0.3, 0.4) is 0 Å². The Morgan fingerprint density at radius 2 is 1.72 bits per heavy atom. The summed E-state index contributed by atoms with van der Waals surface area (Å²) >= 11 is 0. The summed E-state index contributed by atoms with van der Waals surface area (Å²) in [5.41, 5.74) is 3.16. The average Bonchev–Trinajstić information content (AvgIpc) is 3.43. The molecule has 0 radical (unpaired) electrons. The highest BCUT2D eigenvalue weighted by atomic mass is 19.1. The number of hydrogen-bond acceptors (Lipinski definition) is 5. The van der Waals surface area contributed by atoms with E-state index in [2.05, 4.69) is 5.32 Å². The highest BCUT2D eigenvalue weighted by molar-refractivity contribution is 6.04. The van der Waals surface area contributed by atoms with Gasteiger partial charge in [-0.1, -0.05) is 42.5 Å². The molecule has 0 fully saturated rings. The summed E-state index contributed by atoms with van der Waals surface area (Å²) in [6.45, 7) is 0.320. The first-order chi connectivity index (χ1) is 19.0. The summed E-state index contributed by atoms with van der Waals surface area (Å²) < 4.78 is 29.9. The Morgan fingerprint density at radius 1 is 0.974 bits per heavy atom. The number of halogens is 1. The van der Waals surface area contributed by atoms with Crippen molar-refractivity contribution in [3.63, 3.8) is 0 Å². The molecule has 1 N–H and O–H groups in total. The normalized spacial score (nSPS) is 17.5. The molecular formula is C31H25FN2O5. The molecule has 39 heavy (non-hydrogen) atoms. The second-order valence-corrected chi connectivity index (χ2v) is 9.40. The van der Waals surface area contributed by atoms with Gasteiger partial charge in [-0.2, -0.15) is 0 Å². The van der Waals surface area contributed by atoms with Gasteiger partial charge in [-0.05, 0) is 59.2 Å². The van der Waals surface area contributed by atoms with Crippen molar-refractivity contribution in [1.29, 1.82) is 0 Å². The quantitative estimate of drug-likeness (QED) is 0.351. The molecule has 0 unspecified atom stereocenters. The predicted octanol–water partition coefficient (Wildman–Crippen LogP) is 5.68. The summed E-state index contributed by atoms with van der Waals surface area (Å²) in [4.78, 5) is 29.7. The van der Waals surface area contributed by atoms with Crippen LogP contribution in [-0.2, 0) is 11.3 Å². The lowest BCUT2D eigenvalue weighted by atomic mass is 9.79. The van der Waals surface area contributed by atoms with Crippen molar-refractivity contribution < 1.29 is 28.2 Å². The first-order valence-corrected chi connectivity index (χ1v) is 12.5. The molecule has 0 spiro atoms. The molecule has 4 aromatic carbocycles. The first-order valence-electron chi connectivity index (χ1n) is 12.5. The second-order valence-electron chi connectivity index (χ2n) is 9.40. The van der Waals surface area contributed by atoms with Crippen molar-refractivity contribution in [1.82, 2.24) is 4.90 Å². The van der Waals surface area contributed by atoms with Crippen LogP contribution in [0.15, 0.2) is 91.0 Å². The van der Waals surface area contributed by atoms with Gasteiger partial charge in [-0.25, -0.2) is 4.39 Å². The Morgan fingerprint density at radius 3 is 2.49 bits per heavy atom. The number of hydrogen-bond donors (Lipinski definition) is 1. The molecule has 0 bridgehead atoms. The number of fused-ring (bicyclic) bond motifs is 2. The Balaban J connectivity index is 1.44. The molecule has 0 saturated heterocycles. The fourth-order valence-electron chi connectivity index (χ4n) is 5.20. The van der Waals surface area contributed by atoms with E-state index < -0.39 is 12.0 Å². The van der Waals surface area contributed by atoms with E-state index in [0.717, 1.165) is 11.1 Å². The van der Waals surface area contributed by atoms with Gasteiger partial charge < -0.3 is 24.4 Å². The zero-order valence-corrected chi connectivity index (χ0v) is 21.1. The smallest absolute Gasteiger partial charge is 0.255 e. The van der Waals surface area contributed by atoms with Gasteiger partial charge in [0, 0.05) is 23.9 Å². The molecule has 2 heterocycles. The van der Waals surface area contributed by atoms with Crippen molar-refractivity contribution in [2.45, 2.75) is 18.5 Å². The van der Waals surface area contributed by atoms with E-state index in [9.17, 15) is 14.0 Å². The summed E-state index contributed by atoms with van der Waals surface area (Å²) in [5.74, 6) is 0.245. The third-order valence-corrected chi connectivity index (χ3v) is 7.08. The Bertz CT molecular complexity index is 1540. The van der Waals surface area contributed by atoms with E-state index in [1.54, 1.807) is 54.5 Å². The van der Waals surface area contributed by atoms with Crippen LogP contribution in [0.5, 0.6) is 17.2 Å². The first kappa shape index (κ1) is 24.5. The number of nitrogens with one attached hydrogen (secondary N) is 1. The average molecular weight is 525 g/mol. The fourth-order valence-corrected chi connectivity index (χ4v) is 5.20. The van der Waals surface area contributed by atoms with E-state index in [1.807, 2.05) is 36.4 Å². The Hall–Kier alpha value is -4.85. The van der Waals surface area contributed by atoms with Crippen LogP contribution in [0, 0.1) is 5.82 Å². The number of rotatable bonds is 6. The van der Waals surface area contributed by atoms with Crippen LogP contribution in [-0.4, -0.2) is 30.6 Å². The summed E-state index contributed by atoms with van der Waals surface area (Å²) in [7, 11) is 1.58. The molecule has 6 rings (SSSR count). The maximum atomic E-state index is 14.1. The van der Waals surface area contributed by atoms with E-state index in [-0.39, 0.29) is 31.0 Å². The van der Waals surface area contributed by atoms with Gasteiger partial charge in [-0.15, -0.1) is 0 Å². The van der Waals surface area contributed by atoms with E-state index in [1.165, 1.54) is 12.1 Å². The van der Waals surface area contributed by atoms with Crippen molar-refractivity contribution in [3.05, 3.63) is 119 Å². The standard InChI is InChI=1S/C31H25FN2O5/c1-37-23-13-8-20(9-14-23)29-28(30(35)33-22-12-15-26-27(16-22)39-18-38-26)24-4-2-3-5-25(24)31(36)34(29)17-19-6-10-21(32)11-7-19/h2-16,28-29H,17-18H2,1H3,(H,33,35)/t28-,29-/m1/s1. The summed E-state index contributed by atoms with van der Waals surface area (Å²) in [6.07, 6.45) is 0. The Labute approximate surface area is 224 Å². The molecule has 8 heteroatoms. The molecule has 2 amide bonds. The molecule has 2 aliphatic heterocycles. The third-order valence-electron chi connectivity index (χ3n) is 7.08. The lowest BCUT2D eigenvalue weighted by Crippen LogP contribution is -2.45. The molecule has 0 aliphatic carbocycles. The number of benzene rings is 4. The van der Waals surface area contributed by atoms with E-state index in [4.69, 9.17) is 14.2 Å². The zero-order chi connectivity index (χ0) is 26.9. The monoisotopic (exact) mass is 524 g/mol. The van der Waals surface area contributed by atoms with Gasteiger partial charge >= 0.3 is 0 Å². The number of methoxy groups -OCH3 is 1. The van der Waals surface area contributed by atoms with Crippen LogP contribution < -0.4 is 19.5 Å². The number of ether oxygens (including phenoxy) is 3. The molecule has 0 aromatic heterocycles. The maximum Gasteiger partial charge on any atom is 0.255 e. The Kier molecular flexibility index (Phi) is 6.36. The minimum atomic E-state index is -0.738. The van der Waals surface area contributed by atoms with Gasteiger partial charge in [0.1, 0.15) is 11.6 Å². The number of nitrogens with zero attached hydrogens (tertiary/aromatic N) is 1. The van der Waals surface area contributed by atoms with Crippen molar-refractivity contribution in [2.75, 3.05) is 19.2 Å². The molecule has 7 nitrogen and oxygen atoms in total. The predicted molar refractivity (Wildman–Crippen MR) is 142 cm³/mol. The zero-order valence-electron chi connectivity index (χ0n) is 21.1. The number of carbonyl (C=O) groups is 2. The van der Waals surface area contributed by atoms with Gasteiger partial charge in [0.15, 0.2) is 11.5 Å². The summed E-state index contributed by atoms with van der Waals surface area (Å²) in [6, 6.07) is 25.1. The minimum absolute atomic E-state index is 0.128. The molecule has 2 aliphatic rings. The second kappa shape index (κ2) is 10.1. The van der Waals surface area contributed by atoms with Gasteiger partial charge in [0.2, 0.25) is 12.7 Å². The fraction of sp³-hybridized carbons (Fsp3) is 0.161. The highest BCUT2D eigenvalue weighted by Gasteiger charge is 2.44. The molecular weight excluding hydrogens is 499 g/mol. The largest absolute Gasteiger partial charge is 0.497 e. The van der Waals surface area contributed by atoms with Crippen molar-refractivity contribution in [3.8, 4) is 17.2 Å². The van der Waals surface area contributed by atoms with E-state index in [0.29, 0.717) is 34.1 Å². The number of amides is 2. The number of anilines is 1. The van der Waals surface area contributed by atoms with Crippen LogP contribution >= 0.6 is 0 Å². The van der Waals surface area contributed by atoms with E-state index >= 15 is 0 Å². The lowest BCUT2D eigenvalue weighted by molar-refractivity contribution is -0.119. The van der Waals surface area contributed by atoms with Crippen molar-refractivity contribution in [2.24, 2.45) is 0 Å². The van der Waals surface area contributed by atoms with Crippen LogP contribution in [0.4, 0.5) is 10.1 Å². The minimum Gasteiger partial charge on any atom is -0.497 e. The molecule has 0 saturated carbocycles. The van der Waals surface area contributed by atoms with Crippen LogP contribution in [0.25, 0.3) is 0 Å². The number of carbonyl (C=O) groups excluding carboxylic acids is 2. The molecule has 4 aromatic rings. The van der Waals surface area contributed by atoms with Crippen molar-refractivity contribution >= 4 is 17.5 Å². The maximum absolute atomic E-state index is 14.1. The third kappa shape index (κ3) is 4.65. The molecule has 196 valence electrons. The van der Waals surface area contributed by atoms with Gasteiger partial charge in [0.25, 0.3) is 5.91 Å². The van der Waals surface area contributed by atoms with Gasteiger partial charge in [-0.3, -0.25) is 9.59 Å². The lowest BCUT2D eigenvalue weighted by Gasteiger charge is -2.42. The van der Waals surface area contributed by atoms with Crippen LogP contribution in [0.1, 0.15) is 39.0 Å².